The quantitative estimate of drug-likeness (QED) is 0.782. The molecule has 0 saturated carbocycles. The maximum absolute atomic E-state index is 3.25. The SMILES string of the molecule is CCC1CCc2scc(CNC)c21. The van der Waals surface area contributed by atoms with E-state index in [1.807, 2.05) is 18.4 Å². The highest BCUT2D eigenvalue weighted by Gasteiger charge is 2.25. The molecule has 0 saturated heterocycles. The lowest BCUT2D eigenvalue weighted by molar-refractivity contribution is 0.646. The summed E-state index contributed by atoms with van der Waals surface area (Å²) in [6, 6.07) is 0. The molecule has 1 aliphatic carbocycles. The monoisotopic (exact) mass is 195 g/mol. The first-order chi connectivity index (χ1) is 6.36. The predicted octanol–water partition coefficient (Wildman–Crippen LogP) is 2.91. The Morgan fingerprint density at radius 1 is 1.62 bits per heavy atom. The number of hydrogen-bond acceptors (Lipinski definition) is 2. The van der Waals surface area contributed by atoms with Crippen molar-refractivity contribution in [3.8, 4) is 0 Å². The maximum atomic E-state index is 3.25. The molecule has 1 unspecified atom stereocenters. The van der Waals surface area contributed by atoms with Crippen LogP contribution in [0.1, 0.15) is 41.7 Å². The van der Waals surface area contributed by atoms with Gasteiger partial charge in [-0.25, -0.2) is 0 Å². The van der Waals surface area contributed by atoms with Crippen LogP contribution in [0.5, 0.6) is 0 Å². The van der Waals surface area contributed by atoms with Gasteiger partial charge in [0, 0.05) is 11.4 Å². The average molecular weight is 195 g/mol. The van der Waals surface area contributed by atoms with Gasteiger partial charge in [0.25, 0.3) is 0 Å². The third kappa shape index (κ3) is 1.53. The van der Waals surface area contributed by atoms with Gasteiger partial charge in [0.05, 0.1) is 0 Å². The predicted molar refractivity (Wildman–Crippen MR) is 58.4 cm³/mol. The van der Waals surface area contributed by atoms with Gasteiger partial charge in [-0.05, 0) is 48.7 Å². The van der Waals surface area contributed by atoms with E-state index in [1.54, 1.807) is 16.0 Å². The van der Waals surface area contributed by atoms with Crippen LogP contribution in [-0.2, 0) is 13.0 Å². The fraction of sp³-hybridized carbons (Fsp3) is 0.636. The van der Waals surface area contributed by atoms with Crippen LogP contribution in [0.15, 0.2) is 5.38 Å². The van der Waals surface area contributed by atoms with Gasteiger partial charge >= 0.3 is 0 Å². The fourth-order valence-corrected chi connectivity index (χ4v) is 3.47. The largest absolute Gasteiger partial charge is 0.316 e. The molecule has 1 atom stereocenters. The molecular weight excluding hydrogens is 178 g/mol. The van der Waals surface area contributed by atoms with Crippen molar-refractivity contribution in [3.05, 3.63) is 21.4 Å². The van der Waals surface area contributed by atoms with Crippen LogP contribution in [0.25, 0.3) is 0 Å². The lowest BCUT2D eigenvalue weighted by atomic mass is 9.97. The lowest BCUT2D eigenvalue weighted by Gasteiger charge is -2.09. The van der Waals surface area contributed by atoms with Crippen LogP contribution in [0, 0.1) is 0 Å². The molecule has 1 heterocycles. The van der Waals surface area contributed by atoms with Gasteiger partial charge in [-0.15, -0.1) is 11.3 Å². The molecule has 0 radical (unpaired) electrons. The van der Waals surface area contributed by atoms with E-state index in [2.05, 4.69) is 17.6 Å². The molecule has 1 N–H and O–H groups in total. The number of thiophene rings is 1. The normalized spacial score (nSPS) is 20.6. The van der Waals surface area contributed by atoms with Crippen molar-refractivity contribution in [3.63, 3.8) is 0 Å². The van der Waals surface area contributed by atoms with E-state index in [-0.39, 0.29) is 0 Å². The topological polar surface area (TPSA) is 12.0 Å². The molecule has 1 nitrogen and oxygen atoms in total. The molecule has 1 aromatic rings. The highest BCUT2D eigenvalue weighted by molar-refractivity contribution is 7.10. The van der Waals surface area contributed by atoms with Crippen LogP contribution in [0.2, 0.25) is 0 Å². The fourth-order valence-electron chi connectivity index (χ4n) is 2.32. The van der Waals surface area contributed by atoms with E-state index in [0.717, 1.165) is 12.5 Å². The Labute approximate surface area is 84.2 Å². The summed E-state index contributed by atoms with van der Waals surface area (Å²) in [5, 5.41) is 5.59. The third-order valence-corrected chi connectivity index (χ3v) is 4.09. The number of fused-ring (bicyclic) bond motifs is 1. The average Bonchev–Trinajstić information content (AvgIpc) is 2.68. The molecule has 1 aliphatic rings. The van der Waals surface area contributed by atoms with Crippen molar-refractivity contribution in [1.82, 2.24) is 5.32 Å². The molecule has 0 aliphatic heterocycles. The number of rotatable bonds is 3. The van der Waals surface area contributed by atoms with E-state index < -0.39 is 0 Å². The van der Waals surface area contributed by atoms with Crippen LogP contribution < -0.4 is 5.32 Å². The number of aryl methyl sites for hydroxylation is 1. The summed E-state index contributed by atoms with van der Waals surface area (Å²) in [7, 11) is 2.03. The second-order valence-electron chi connectivity index (χ2n) is 3.77. The standard InChI is InChI=1S/C11H17NS/c1-3-8-4-5-10-11(8)9(6-12-2)7-13-10/h7-8,12H,3-6H2,1-2H3. The zero-order valence-corrected chi connectivity index (χ0v) is 9.21. The van der Waals surface area contributed by atoms with Gasteiger partial charge in [0.1, 0.15) is 0 Å². The Kier molecular flexibility index (Phi) is 2.70. The zero-order chi connectivity index (χ0) is 9.26. The first-order valence-electron chi connectivity index (χ1n) is 5.10. The van der Waals surface area contributed by atoms with Crippen LogP contribution >= 0.6 is 11.3 Å². The summed E-state index contributed by atoms with van der Waals surface area (Å²) in [6.45, 7) is 3.35. The van der Waals surface area contributed by atoms with Crippen molar-refractivity contribution in [2.24, 2.45) is 0 Å². The minimum absolute atomic E-state index is 0.851. The molecule has 2 rings (SSSR count). The smallest absolute Gasteiger partial charge is 0.0213 e. The summed E-state index contributed by atoms with van der Waals surface area (Å²) in [5.74, 6) is 0.851. The summed E-state index contributed by atoms with van der Waals surface area (Å²) in [5.41, 5.74) is 3.23. The molecule has 0 bridgehead atoms. The molecule has 1 aromatic heterocycles. The third-order valence-electron chi connectivity index (χ3n) is 2.98. The second kappa shape index (κ2) is 3.81. The van der Waals surface area contributed by atoms with Gasteiger partial charge in [0.2, 0.25) is 0 Å². The van der Waals surface area contributed by atoms with Crippen LogP contribution in [0.3, 0.4) is 0 Å². The van der Waals surface area contributed by atoms with Gasteiger partial charge in [-0.3, -0.25) is 0 Å². The van der Waals surface area contributed by atoms with Crippen LogP contribution in [0.4, 0.5) is 0 Å². The molecule has 0 aromatic carbocycles. The minimum Gasteiger partial charge on any atom is -0.316 e. The van der Waals surface area contributed by atoms with Gasteiger partial charge in [0.15, 0.2) is 0 Å². The van der Waals surface area contributed by atoms with Crippen LogP contribution in [-0.4, -0.2) is 7.05 Å². The molecule has 72 valence electrons. The number of hydrogen-bond donors (Lipinski definition) is 1. The van der Waals surface area contributed by atoms with Crippen molar-refractivity contribution in [1.29, 1.82) is 0 Å². The first-order valence-corrected chi connectivity index (χ1v) is 5.98. The first kappa shape index (κ1) is 9.22. The van der Waals surface area contributed by atoms with E-state index in [4.69, 9.17) is 0 Å². The Balaban J connectivity index is 2.29. The Bertz CT molecular complexity index is 290. The second-order valence-corrected chi connectivity index (χ2v) is 4.74. The van der Waals surface area contributed by atoms with E-state index in [9.17, 15) is 0 Å². The Morgan fingerprint density at radius 3 is 3.15 bits per heavy atom. The summed E-state index contributed by atoms with van der Waals surface area (Å²) in [6.07, 6.45) is 4.01. The summed E-state index contributed by atoms with van der Waals surface area (Å²) in [4.78, 5) is 1.65. The highest BCUT2D eigenvalue weighted by Crippen LogP contribution is 2.41. The Hall–Kier alpha value is -0.340. The van der Waals surface area contributed by atoms with Crippen molar-refractivity contribution in [2.75, 3.05) is 7.05 Å². The molecule has 0 amide bonds. The van der Waals surface area contributed by atoms with E-state index in [0.29, 0.717) is 0 Å². The molecular formula is C11H17NS. The molecule has 0 fully saturated rings. The molecule has 13 heavy (non-hydrogen) atoms. The molecule has 0 spiro atoms. The lowest BCUT2D eigenvalue weighted by Crippen LogP contribution is -2.07. The van der Waals surface area contributed by atoms with Crippen molar-refractivity contribution in [2.45, 2.75) is 38.6 Å². The highest BCUT2D eigenvalue weighted by atomic mass is 32.1. The molecule has 2 heteroatoms. The van der Waals surface area contributed by atoms with E-state index in [1.165, 1.54) is 19.3 Å². The maximum Gasteiger partial charge on any atom is 0.0213 e. The number of nitrogens with one attached hydrogen (secondary N) is 1. The van der Waals surface area contributed by atoms with Gasteiger partial charge < -0.3 is 5.32 Å². The van der Waals surface area contributed by atoms with Gasteiger partial charge in [-0.2, -0.15) is 0 Å². The summed E-state index contributed by atoms with van der Waals surface area (Å²) < 4.78 is 0. The Morgan fingerprint density at radius 2 is 2.46 bits per heavy atom. The summed E-state index contributed by atoms with van der Waals surface area (Å²) >= 11 is 1.96. The van der Waals surface area contributed by atoms with Crippen molar-refractivity contribution >= 4 is 11.3 Å². The van der Waals surface area contributed by atoms with Crippen molar-refractivity contribution < 1.29 is 0 Å². The minimum atomic E-state index is 0.851. The van der Waals surface area contributed by atoms with E-state index >= 15 is 0 Å². The van der Waals surface area contributed by atoms with Gasteiger partial charge in [-0.1, -0.05) is 6.92 Å². The zero-order valence-electron chi connectivity index (χ0n) is 8.39.